The van der Waals surface area contributed by atoms with Gasteiger partial charge in [-0.2, -0.15) is 4.31 Å². The van der Waals surface area contributed by atoms with Crippen LogP contribution in [0.1, 0.15) is 39.3 Å². The van der Waals surface area contributed by atoms with Crippen molar-refractivity contribution in [3.63, 3.8) is 0 Å². The zero-order chi connectivity index (χ0) is 42.9. The number of nitrogen functional groups attached to an aromatic ring is 1. The molecule has 320 valence electrons. The Morgan fingerprint density at radius 1 is 1.00 bits per heavy atom. The minimum Gasteiger partial charge on any atom is -0.481 e. The number of phosphoric acid groups is 3. The number of anilines is 1. The van der Waals surface area contributed by atoms with Gasteiger partial charge in [0, 0.05) is 37.1 Å². The second-order valence-electron chi connectivity index (χ2n) is 12.5. The van der Waals surface area contributed by atoms with E-state index in [4.69, 9.17) is 24.6 Å². The largest absolute Gasteiger partial charge is 0.481 e. The number of aliphatic hydroxyl groups excluding tert-OH is 2. The lowest BCUT2D eigenvalue weighted by molar-refractivity contribution is -0.139. The number of ether oxygens (including phenoxy) is 1. The number of amides is 2. The monoisotopic (exact) mass is 895 g/mol. The zero-order valence-corrected chi connectivity index (χ0v) is 33.3. The number of fused-ring (bicyclic) bond motifs is 1. The summed E-state index contributed by atoms with van der Waals surface area (Å²) in [4.78, 5) is 109. The third-order valence-electron chi connectivity index (χ3n) is 7.53. The second-order valence-corrected chi connectivity index (χ2v) is 17.8. The number of Topliss-reactive ketones (excluding diaryl/α,β-unsaturated/α-hetero) is 1. The summed E-state index contributed by atoms with van der Waals surface area (Å²) in [7, 11) is -16.5. The summed E-state index contributed by atoms with van der Waals surface area (Å²) in [5.74, 6) is -3.79. The molecule has 1 aliphatic rings. The maximum atomic E-state index is 12.7. The molecule has 27 nitrogen and oxygen atoms in total. The van der Waals surface area contributed by atoms with Crippen LogP contribution in [0.3, 0.4) is 0 Å². The summed E-state index contributed by atoms with van der Waals surface area (Å²) in [6.07, 6.45) is -8.17. The minimum atomic E-state index is -5.60. The summed E-state index contributed by atoms with van der Waals surface area (Å²) >= 11 is 0.588. The predicted octanol–water partition coefficient (Wildman–Crippen LogP) is -1.90. The van der Waals surface area contributed by atoms with Crippen LogP contribution in [0.15, 0.2) is 12.7 Å². The number of aromatic nitrogens is 4. The number of thioether (sulfide) groups is 1. The lowest BCUT2D eigenvalue weighted by atomic mass is 9.87. The van der Waals surface area contributed by atoms with Crippen molar-refractivity contribution in [3.8, 4) is 0 Å². The van der Waals surface area contributed by atoms with E-state index in [9.17, 15) is 67.5 Å². The number of phosphoric ester groups is 3. The van der Waals surface area contributed by atoms with Crippen molar-refractivity contribution in [1.82, 2.24) is 30.2 Å². The summed E-state index contributed by atoms with van der Waals surface area (Å²) in [5, 5.41) is 33.8. The second kappa shape index (κ2) is 20.1. The molecule has 0 spiro atoms. The third-order valence-corrected chi connectivity index (χ3v) is 11.5. The van der Waals surface area contributed by atoms with Gasteiger partial charge in [-0.05, 0) is 0 Å². The average molecular weight is 896 g/mol. The summed E-state index contributed by atoms with van der Waals surface area (Å²) in [6.45, 7) is -0.0281. The van der Waals surface area contributed by atoms with Gasteiger partial charge in [0.25, 0.3) is 5.12 Å². The number of carboxylic acid groups (broad SMARTS) is 1. The maximum absolute atomic E-state index is 12.7. The van der Waals surface area contributed by atoms with E-state index in [-0.39, 0.29) is 42.2 Å². The van der Waals surface area contributed by atoms with E-state index >= 15 is 0 Å². The number of nitrogens with two attached hydrogens (primary N) is 1. The molecule has 31 heteroatoms. The first kappa shape index (κ1) is 48.1. The highest BCUT2D eigenvalue weighted by Gasteiger charge is 2.50. The number of carbonyl (C=O) groups is 5. The topological polar surface area (TPSA) is 418 Å². The molecular weight excluding hydrogens is 855 g/mol. The molecule has 2 unspecified atom stereocenters. The van der Waals surface area contributed by atoms with Gasteiger partial charge in [-0.15, -0.1) is 0 Å². The Labute approximate surface area is 325 Å². The first-order valence-electron chi connectivity index (χ1n) is 16.1. The smallest absolute Gasteiger partial charge is 0.481 e. The molecule has 1 saturated heterocycles. The SMILES string of the molecule is CC(C)(COP(=O)(O)OP(=O)(O)OC[C@H]1O[C@@H](n2cnc3c(N)ncnc32)[C@H](O)[C@@H]1OP(=O)(O)O)[C@@H](O)C(=O)NCCC(=O)NCCSC(=O)C(=O)CCC(=O)O. The number of hydrogen-bond donors (Lipinski definition) is 10. The number of aliphatic hydroxyl groups is 2. The summed E-state index contributed by atoms with van der Waals surface area (Å²) in [6, 6.07) is 0. The fourth-order valence-electron chi connectivity index (χ4n) is 4.68. The van der Waals surface area contributed by atoms with Crippen LogP contribution < -0.4 is 16.4 Å². The Morgan fingerprint density at radius 2 is 1.67 bits per heavy atom. The number of imidazole rings is 1. The number of hydrogen-bond acceptors (Lipinski definition) is 20. The van der Waals surface area contributed by atoms with Crippen LogP contribution in [0.4, 0.5) is 5.82 Å². The molecule has 0 radical (unpaired) electrons. The molecule has 0 aliphatic carbocycles. The number of nitrogens with zero attached hydrogens (tertiary/aromatic N) is 4. The molecular formula is C26H40N7O20P3S. The van der Waals surface area contributed by atoms with Gasteiger partial charge in [-0.3, -0.25) is 42.1 Å². The number of rotatable bonds is 23. The summed E-state index contributed by atoms with van der Waals surface area (Å²) in [5.41, 5.74) is 4.16. The van der Waals surface area contributed by atoms with Crippen LogP contribution in [0.25, 0.3) is 11.2 Å². The van der Waals surface area contributed by atoms with Crippen LogP contribution in [-0.2, 0) is 60.3 Å². The minimum absolute atomic E-state index is 0.00502. The number of carbonyl (C=O) groups excluding carboxylic acids is 4. The van der Waals surface area contributed by atoms with Crippen molar-refractivity contribution in [1.29, 1.82) is 0 Å². The van der Waals surface area contributed by atoms with E-state index in [2.05, 4.69) is 34.4 Å². The van der Waals surface area contributed by atoms with E-state index in [1.165, 1.54) is 13.8 Å². The predicted molar refractivity (Wildman–Crippen MR) is 189 cm³/mol. The van der Waals surface area contributed by atoms with E-state index in [0.29, 0.717) is 11.8 Å². The van der Waals surface area contributed by atoms with Crippen molar-refractivity contribution >= 4 is 80.9 Å². The molecule has 0 saturated carbocycles. The fourth-order valence-corrected chi connectivity index (χ4v) is 8.16. The normalized spacial score (nSPS) is 21.3. The Hall–Kier alpha value is -3.30. The molecule has 2 aromatic rings. The standard InChI is InChI=1S/C26H40N7O20P3S/c1-26(2,20(39)23(40)29-6-5-15(35)28-7-8-57-25(41)13(34)3-4-16(36)37)10-50-56(47,48)53-55(45,46)49-9-14-19(52-54(42,43)44)18(38)24(51-14)33-12-32-17-21(27)30-11-31-22(17)33/h11-12,14,18-20,24,38-39H,3-10H2,1-2H3,(H,28,35)(H,29,40)(H,36,37)(H,45,46)(H,47,48)(H2,27,30,31)(H2,42,43,44)/t14-,18-,19-,20+,24-/m1/s1. The van der Waals surface area contributed by atoms with E-state index in [1.807, 2.05) is 0 Å². The number of ketones is 1. The van der Waals surface area contributed by atoms with E-state index < -0.39 is 114 Å². The number of aliphatic carboxylic acids is 1. The van der Waals surface area contributed by atoms with Crippen molar-refractivity contribution in [3.05, 3.63) is 12.7 Å². The Morgan fingerprint density at radius 3 is 2.32 bits per heavy atom. The van der Waals surface area contributed by atoms with Gasteiger partial charge in [-0.1, -0.05) is 25.6 Å². The first-order valence-corrected chi connectivity index (χ1v) is 21.6. The average Bonchev–Trinajstić information content (AvgIpc) is 3.66. The highest BCUT2D eigenvalue weighted by Crippen LogP contribution is 2.61. The molecule has 1 fully saturated rings. The van der Waals surface area contributed by atoms with Crippen molar-refractivity contribution in [2.24, 2.45) is 5.41 Å². The molecule has 57 heavy (non-hydrogen) atoms. The lowest BCUT2D eigenvalue weighted by Gasteiger charge is -2.30. The Balaban J connectivity index is 1.47. The molecule has 3 heterocycles. The maximum Gasteiger partial charge on any atom is 0.481 e. The van der Waals surface area contributed by atoms with Crippen molar-refractivity contribution < 1.29 is 95.2 Å². The molecule has 2 amide bonds. The van der Waals surface area contributed by atoms with Gasteiger partial charge in [0.15, 0.2) is 17.7 Å². The quantitative estimate of drug-likeness (QED) is 0.0331. The molecule has 1 aliphatic heterocycles. The molecule has 7 atom stereocenters. The zero-order valence-electron chi connectivity index (χ0n) is 29.8. The Kier molecular flexibility index (Phi) is 17.0. The van der Waals surface area contributed by atoms with Gasteiger partial charge >= 0.3 is 29.4 Å². The van der Waals surface area contributed by atoms with Crippen LogP contribution >= 0.6 is 35.2 Å². The van der Waals surface area contributed by atoms with Gasteiger partial charge in [0.05, 0.1) is 26.0 Å². The van der Waals surface area contributed by atoms with E-state index in [1.54, 1.807) is 0 Å². The molecule has 0 bridgehead atoms. The lowest BCUT2D eigenvalue weighted by Crippen LogP contribution is -2.46. The first-order chi connectivity index (χ1) is 26.3. The fraction of sp³-hybridized carbons (Fsp3) is 0.615. The molecule has 0 aromatic carbocycles. The van der Waals surface area contributed by atoms with Gasteiger partial charge in [0.1, 0.15) is 36.3 Å². The Bertz CT molecular complexity index is 1950. The van der Waals surface area contributed by atoms with Crippen LogP contribution in [0.5, 0.6) is 0 Å². The van der Waals surface area contributed by atoms with E-state index in [0.717, 1.165) is 17.2 Å². The molecule has 2 aromatic heterocycles. The third kappa shape index (κ3) is 14.8. The van der Waals surface area contributed by atoms with Gasteiger partial charge in [0.2, 0.25) is 17.6 Å². The van der Waals surface area contributed by atoms with Gasteiger partial charge < -0.3 is 56.0 Å². The molecule has 3 rings (SSSR count). The number of nitrogens with one attached hydrogen (secondary N) is 2. The van der Waals surface area contributed by atoms with Crippen LogP contribution in [0, 0.1) is 5.41 Å². The van der Waals surface area contributed by atoms with Crippen molar-refractivity contribution in [2.75, 3.05) is 37.8 Å². The number of carboxylic acids is 1. The van der Waals surface area contributed by atoms with Gasteiger partial charge in [-0.25, -0.2) is 28.6 Å². The van der Waals surface area contributed by atoms with Crippen LogP contribution in [-0.4, -0.2) is 140 Å². The van der Waals surface area contributed by atoms with Crippen LogP contribution in [0.2, 0.25) is 0 Å². The molecule has 11 N–H and O–H groups in total. The highest BCUT2D eigenvalue weighted by atomic mass is 32.2. The summed E-state index contributed by atoms with van der Waals surface area (Å²) < 4.78 is 61.9. The van der Waals surface area contributed by atoms with Crippen molar-refractivity contribution in [2.45, 2.75) is 63.8 Å². The highest BCUT2D eigenvalue weighted by molar-refractivity contribution is 8.15.